The number of carbonyl (C=O) groups excluding carboxylic acids is 3. The van der Waals surface area contributed by atoms with Crippen LogP contribution in [0.1, 0.15) is 20.9 Å². The number of carbonyl (C=O) groups is 3. The average Bonchev–Trinajstić information content (AvgIpc) is 3.37. The van der Waals surface area contributed by atoms with Gasteiger partial charge in [-0.25, -0.2) is 0 Å². The molecule has 3 aromatic carbocycles. The number of nitrogens with zero attached hydrogens (tertiary/aromatic N) is 2. The SMILES string of the molecule is COc1cc(O)ccc1/C=C(/NC(=O)c1ccccc1)C(=O)Nc1cccc(SCC(=O)Nc2nnc(C)s2)c1. The summed E-state index contributed by atoms with van der Waals surface area (Å²) in [5, 5.41) is 26.9. The number of aromatic nitrogens is 2. The van der Waals surface area contributed by atoms with Gasteiger partial charge < -0.3 is 20.5 Å². The molecule has 10 nitrogen and oxygen atoms in total. The molecule has 0 spiro atoms. The molecule has 0 radical (unpaired) electrons. The number of methoxy groups -OCH3 is 1. The number of thioether (sulfide) groups is 1. The van der Waals surface area contributed by atoms with E-state index in [-0.39, 0.29) is 23.1 Å². The summed E-state index contributed by atoms with van der Waals surface area (Å²) in [6.45, 7) is 1.80. The number of hydrogen-bond donors (Lipinski definition) is 4. The topological polar surface area (TPSA) is 143 Å². The van der Waals surface area contributed by atoms with Gasteiger partial charge in [-0.1, -0.05) is 35.6 Å². The maximum atomic E-state index is 13.4. The number of aromatic hydroxyl groups is 1. The predicted molar refractivity (Wildman–Crippen MR) is 156 cm³/mol. The van der Waals surface area contributed by atoms with Crippen molar-refractivity contribution in [2.24, 2.45) is 0 Å². The molecule has 40 heavy (non-hydrogen) atoms. The zero-order valence-corrected chi connectivity index (χ0v) is 23.1. The number of amides is 3. The third-order valence-electron chi connectivity index (χ3n) is 5.28. The van der Waals surface area contributed by atoms with Gasteiger partial charge in [0.05, 0.1) is 12.9 Å². The number of phenolic OH excluding ortho intramolecular Hbond substituents is 1. The highest BCUT2D eigenvalue weighted by Gasteiger charge is 2.17. The van der Waals surface area contributed by atoms with Gasteiger partial charge in [-0.05, 0) is 55.5 Å². The lowest BCUT2D eigenvalue weighted by Crippen LogP contribution is -2.30. The standard InChI is InChI=1S/C28H25N5O5S2/c1-17-32-33-28(40-17)31-25(35)16-39-22-10-6-9-20(14-22)29-27(37)23(30-26(36)18-7-4-3-5-8-18)13-19-11-12-21(34)15-24(19)38-2/h3-15,34H,16H2,1-2H3,(H,29,37)(H,30,36)(H,31,33,35)/b23-13+. The fourth-order valence-corrected chi connectivity index (χ4v) is 4.79. The summed E-state index contributed by atoms with van der Waals surface area (Å²) < 4.78 is 5.32. The average molecular weight is 576 g/mol. The van der Waals surface area contributed by atoms with Crippen molar-refractivity contribution < 1.29 is 24.2 Å². The maximum absolute atomic E-state index is 13.4. The van der Waals surface area contributed by atoms with Crippen LogP contribution >= 0.6 is 23.1 Å². The minimum Gasteiger partial charge on any atom is -0.508 e. The van der Waals surface area contributed by atoms with E-state index in [0.29, 0.717) is 27.7 Å². The number of rotatable bonds is 10. The molecule has 1 aromatic heterocycles. The van der Waals surface area contributed by atoms with Crippen LogP contribution < -0.4 is 20.7 Å². The first-order chi connectivity index (χ1) is 19.3. The predicted octanol–water partition coefficient (Wildman–Crippen LogP) is 4.70. The van der Waals surface area contributed by atoms with Crippen LogP contribution in [0.2, 0.25) is 0 Å². The fourth-order valence-electron chi connectivity index (χ4n) is 3.43. The highest BCUT2D eigenvalue weighted by Crippen LogP contribution is 2.27. The number of nitrogens with one attached hydrogen (secondary N) is 3. The van der Waals surface area contributed by atoms with Crippen LogP contribution in [0.5, 0.6) is 11.5 Å². The number of phenols is 1. The molecule has 0 aliphatic rings. The van der Waals surface area contributed by atoms with Crippen LogP contribution in [-0.4, -0.2) is 45.9 Å². The van der Waals surface area contributed by atoms with E-state index in [1.807, 2.05) is 6.07 Å². The molecular formula is C28H25N5O5S2. The molecule has 0 fully saturated rings. The molecule has 0 saturated carbocycles. The fraction of sp³-hybridized carbons (Fsp3) is 0.107. The molecule has 4 rings (SSSR count). The lowest BCUT2D eigenvalue weighted by molar-refractivity contribution is -0.114. The minimum absolute atomic E-state index is 0.00486. The Hall–Kier alpha value is -4.68. The van der Waals surface area contributed by atoms with Crippen LogP contribution in [0.3, 0.4) is 0 Å². The van der Waals surface area contributed by atoms with E-state index in [0.717, 1.165) is 9.90 Å². The van der Waals surface area contributed by atoms with E-state index in [1.165, 1.54) is 48.4 Å². The molecule has 0 aliphatic carbocycles. The molecule has 12 heteroatoms. The molecule has 4 aromatic rings. The number of aryl methyl sites for hydroxylation is 1. The molecule has 3 amide bonds. The van der Waals surface area contributed by atoms with Gasteiger partial charge >= 0.3 is 0 Å². The van der Waals surface area contributed by atoms with Crippen LogP contribution in [-0.2, 0) is 9.59 Å². The number of hydrogen-bond acceptors (Lipinski definition) is 9. The Morgan fingerprint density at radius 2 is 1.80 bits per heavy atom. The van der Waals surface area contributed by atoms with E-state index in [1.54, 1.807) is 61.5 Å². The second kappa shape index (κ2) is 13.4. The summed E-state index contributed by atoms with van der Waals surface area (Å²) in [6, 6.07) is 19.9. The van der Waals surface area contributed by atoms with Crippen molar-refractivity contribution in [3.63, 3.8) is 0 Å². The largest absolute Gasteiger partial charge is 0.508 e. The van der Waals surface area contributed by atoms with Crippen LogP contribution in [0.15, 0.2) is 83.4 Å². The lowest BCUT2D eigenvalue weighted by atomic mass is 10.1. The van der Waals surface area contributed by atoms with Gasteiger partial charge in [0.25, 0.3) is 11.8 Å². The Labute approximate surface area is 238 Å². The Bertz CT molecular complexity index is 1560. The van der Waals surface area contributed by atoms with E-state index in [9.17, 15) is 19.5 Å². The maximum Gasteiger partial charge on any atom is 0.272 e. The highest BCUT2D eigenvalue weighted by atomic mass is 32.2. The van der Waals surface area contributed by atoms with Gasteiger partial charge in [0.15, 0.2) is 0 Å². The zero-order valence-electron chi connectivity index (χ0n) is 21.5. The monoisotopic (exact) mass is 575 g/mol. The summed E-state index contributed by atoms with van der Waals surface area (Å²) in [6.07, 6.45) is 1.46. The Morgan fingerprint density at radius 1 is 1.00 bits per heavy atom. The van der Waals surface area contributed by atoms with Gasteiger partial charge in [0, 0.05) is 27.8 Å². The van der Waals surface area contributed by atoms with E-state index in [4.69, 9.17) is 4.74 Å². The molecule has 0 aliphatic heterocycles. The molecule has 0 saturated heterocycles. The molecule has 0 bridgehead atoms. The molecule has 4 N–H and O–H groups in total. The van der Waals surface area contributed by atoms with Gasteiger partial charge in [-0.3, -0.25) is 19.7 Å². The quantitative estimate of drug-likeness (QED) is 0.157. The number of anilines is 2. The Balaban J connectivity index is 1.50. The first-order valence-corrected chi connectivity index (χ1v) is 13.7. The van der Waals surface area contributed by atoms with Crippen molar-refractivity contribution in [3.05, 3.63) is 94.6 Å². The van der Waals surface area contributed by atoms with Gasteiger partial charge in [0.2, 0.25) is 11.0 Å². The molecule has 0 atom stereocenters. The smallest absolute Gasteiger partial charge is 0.272 e. The molecular weight excluding hydrogens is 550 g/mol. The minimum atomic E-state index is -0.578. The van der Waals surface area contributed by atoms with Gasteiger partial charge in [-0.2, -0.15) is 0 Å². The van der Waals surface area contributed by atoms with Crippen molar-refractivity contribution in [3.8, 4) is 11.5 Å². The third kappa shape index (κ3) is 7.91. The Kier molecular flexibility index (Phi) is 9.49. The summed E-state index contributed by atoms with van der Waals surface area (Å²) in [5.74, 6) is -0.831. The van der Waals surface area contributed by atoms with Crippen LogP contribution in [0, 0.1) is 6.92 Å². The Morgan fingerprint density at radius 3 is 2.52 bits per heavy atom. The summed E-state index contributed by atoms with van der Waals surface area (Å²) in [7, 11) is 1.44. The molecule has 1 heterocycles. The van der Waals surface area contributed by atoms with Gasteiger partial charge in [-0.15, -0.1) is 22.0 Å². The van der Waals surface area contributed by atoms with E-state index < -0.39 is 11.8 Å². The second-order valence-corrected chi connectivity index (χ2v) is 10.5. The first-order valence-electron chi connectivity index (χ1n) is 11.9. The third-order valence-corrected chi connectivity index (χ3v) is 7.03. The molecule has 204 valence electrons. The summed E-state index contributed by atoms with van der Waals surface area (Å²) in [4.78, 5) is 39.3. The van der Waals surface area contributed by atoms with Crippen molar-refractivity contribution in [2.75, 3.05) is 23.5 Å². The highest BCUT2D eigenvalue weighted by molar-refractivity contribution is 8.00. The zero-order chi connectivity index (χ0) is 28.5. The van der Waals surface area contributed by atoms with E-state index >= 15 is 0 Å². The summed E-state index contributed by atoms with van der Waals surface area (Å²) in [5.41, 5.74) is 1.27. The van der Waals surface area contributed by atoms with Gasteiger partial charge in [0.1, 0.15) is 22.2 Å². The van der Waals surface area contributed by atoms with Crippen LogP contribution in [0.4, 0.5) is 10.8 Å². The van der Waals surface area contributed by atoms with Crippen molar-refractivity contribution in [1.82, 2.24) is 15.5 Å². The number of ether oxygens (including phenoxy) is 1. The normalized spacial score (nSPS) is 11.0. The van der Waals surface area contributed by atoms with E-state index in [2.05, 4.69) is 26.1 Å². The van der Waals surface area contributed by atoms with Crippen molar-refractivity contribution >= 4 is 57.7 Å². The van der Waals surface area contributed by atoms with Crippen molar-refractivity contribution in [1.29, 1.82) is 0 Å². The molecule has 0 unspecified atom stereocenters. The number of benzene rings is 3. The van der Waals surface area contributed by atoms with Crippen LogP contribution in [0.25, 0.3) is 6.08 Å². The first kappa shape index (κ1) is 28.3. The lowest BCUT2D eigenvalue weighted by Gasteiger charge is -2.13. The van der Waals surface area contributed by atoms with Crippen molar-refractivity contribution in [2.45, 2.75) is 11.8 Å². The summed E-state index contributed by atoms with van der Waals surface area (Å²) >= 11 is 2.58. The second-order valence-electron chi connectivity index (χ2n) is 8.25.